The molecule has 1 atom stereocenters. The highest BCUT2D eigenvalue weighted by Gasteiger charge is 2.37. The molecule has 4 aromatic carbocycles. The van der Waals surface area contributed by atoms with E-state index in [1.54, 1.807) is 0 Å². The molecule has 0 radical (unpaired) electrons. The van der Waals surface area contributed by atoms with Crippen LogP contribution in [0, 0.1) is 0 Å². The minimum atomic E-state index is 0.0498. The first-order valence-corrected chi connectivity index (χ1v) is 13.1. The van der Waals surface area contributed by atoms with E-state index in [1.165, 1.54) is 43.7 Å². The Morgan fingerprint density at radius 3 is 2.27 bits per heavy atom. The first-order chi connectivity index (χ1) is 18.0. The van der Waals surface area contributed by atoms with Crippen LogP contribution in [0.15, 0.2) is 81.6 Å². The molecule has 1 aliphatic carbocycles. The van der Waals surface area contributed by atoms with E-state index in [9.17, 15) is 0 Å². The second kappa shape index (κ2) is 6.36. The van der Waals surface area contributed by atoms with Crippen LogP contribution in [0.5, 0.6) is 0 Å². The fourth-order valence-corrected chi connectivity index (χ4v) is 6.87. The van der Waals surface area contributed by atoms with Crippen molar-refractivity contribution in [3.8, 4) is 0 Å². The average molecular weight is 480 g/mol. The van der Waals surface area contributed by atoms with Crippen LogP contribution in [-0.2, 0) is 5.41 Å². The molecule has 3 aromatic heterocycles. The number of para-hydroxylation sites is 2. The quantitative estimate of drug-likeness (QED) is 0.223. The van der Waals surface area contributed by atoms with Crippen LogP contribution in [-0.4, -0.2) is 4.57 Å². The number of aromatic nitrogens is 1. The highest BCUT2D eigenvalue weighted by atomic mass is 16.3. The van der Waals surface area contributed by atoms with Gasteiger partial charge in [-0.15, -0.1) is 0 Å². The summed E-state index contributed by atoms with van der Waals surface area (Å²) in [5, 5.41) is 7.28. The largest absolute Gasteiger partial charge is 0.454 e. The van der Waals surface area contributed by atoms with Crippen molar-refractivity contribution >= 4 is 66.5 Å². The Kier molecular flexibility index (Phi) is 3.42. The van der Waals surface area contributed by atoms with E-state index < -0.39 is 0 Å². The molecule has 0 saturated heterocycles. The summed E-state index contributed by atoms with van der Waals surface area (Å²) >= 11 is 0. The van der Waals surface area contributed by atoms with Crippen molar-refractivity contribution in [2.24, 2.45) is 0 Å². The number of hydrogen-bond acceptors (Lipinski definition) is 2. The fraction of sp³-hybridized carbons (Fsp3) is 0.176. The van der Waals surface area contributed by atoms with Crippen LogP contribution in [0.3, 0.4) is 0 Å². The predicted molar refractivity (Wildman–Crippen MR) is 152 cm³/mol. The Hall–Kier alpha value is -4.24. The molecule has 3 heteroatoms. The molecule has 2 aliphatic rings. The summed E-state index contributed by atoms with van der Waals surface area (Å²) in [5.41, 5.74) is 10.4. The third-order valence-electron chi connectivity index (χ3n) is 8.63. The van der Waals surface area contributed by atoms with Gasteiger partial charge in [0.1, 0.15) is 11.2 Å². The Morgan fingerprint density at radius 2 is 1.46 bits per heavy atom. The van der Waals surface area contributed by atoms with E-state index in [4.69, 9.17) is 8.83 Å². The molecule has 3 nitrogen and oxygen atoms in total. The third-order valence-corrected chi connectivity index (χ3v) is 8.63. The molecule has 7 aromatic rings. The number of nitrogens with zero attached hydrogens (tertiary/aromatic N) is 1. The Balaban J connectivity index is 1.56. The SMILES string of the molecule is CC(C)(C)c1cc2c3c(c1)c1ccc4c5ccccc5oc4c1n3C1=c3oc4ccccc4c3=CCC12. The maximum absolute atomic E-state index is 6.63. The van der Waals surface area contributed by atoms with E-state index in [0.717, 1.165) is 44.9 Å². The monoisotopic (exact) mass is 479 g/mol. The molecular formula is C34H25NO2. The smallest absolute Gasteiger partial charge is 0.160 e. The molecule has 0 saturated carbocycles. The predicted octanol–water partition coefficient (Wildman–Crippen LogP) is 7.68. The van der Waals surface area contributed by atoms with Crippen molar-refractivity contribution < 1.29 is 8.83 Å². The summed E-state index contributed by atoms with van der Waals surface area (Å²) < 4.78 is 15.7. The van der Waals surface area contributed by atoms with Gasteiger partial charge >= 0.3 is 0 Å². The Labute approximate surface area is 212 Å². The molecule has 1 aliphatic heterocycles. The molecule has 0 amide bonds. The van der Waals surface area contributed by atoms with Crippen molar-refractivity contribution in [1.82, 2.24) is 4.57 Å². The zero-order chi connectivity index (χ0) is 24.6. The zero-order valence-electron chi connectivity index (χ0n) is 21.1. The lowest BCUT2D eigenvalue weighted by molar-refractivity contribution is 0.561. The van der Waals surface area contributed by atoms with Crippen molar-refractivity contribution in [3.05, 3.63) is 94.6 Å². The number of fused-ring (bicyclic) bond motifs is 13. The maximum atomic E-state index is 6.63. The van der Waals surface area contributed by atoms with Crippen LogP contribution in [0.1, 0.15) is 44.2 Å². The van der Waals surface area contributed by atoms with Gasteiger partial charge in [0.05, 0.1) is 16.7 Å². The van der Waals surface area contributed by atoms with Gasteiger partial charge in [0.25, 0.3) is 0 Å². The first kappa shape index (κ1) is 19.9. The number of rotatable bonds is 0. The summed E-state index contributed by atoms with van der Waals surface area (Å²) in [6, 6.07) is 26.2. The molecule has 0 bridgehead atoms. The molecule has 178 valence electrons. The summed E-state index contributed by atoms with van der Waals surface area (Å²) in [4.78, 5) is 0. The summed E-state index contributed by atoms with van der Waals surface area (Å²) in [7, 11) is 0. The molecule has 37 heavy (non-hydrogen) atoms. The van der Waals surface area contributed by atoms with Crippen molar-refractivity contribution in [3.63, 3.8) is 0 Å². The fourth-order valence-electron chi connectivity index (χ4n) is 6.87. The van der Waals surface area contributed by atoms with E-state index in [-0.39, 0.29) is 11.3 Å². The van der Waals surface area contributed by atoms with Gasteiger partial charge in [-0.25, -0.2) is 0 Å². The van der Waals surface area contributed by atoms with Gasteiger partial charge in [-0.2, -0.15) is 0 Å². The van der Waals surface area contributed by atoms with E-state index in [2.05, 4.69) is 98.1 Å². The van der Waals surface area contributed by atoms with E-state index in [1.807, 2.05) is 6.07 Å². The summed E-state index contributed by atoms with van der Waals surface area (Å²) in [6.07, 6.45) is 3.35. The van der Waals surface area contributed by atoms with Gasteiger partial charge in [0.15, 0.2) is 11.0 Å². The Bertz CT molecular complexity index is 2260. The minimum Gasteiger partial charge on any atom is -0.454 e. The summed E-state index contributed by atoms with van der Waals surface area (Å²) in [6.45, 7) is 6.92. The molecule has 0 fully saturated rings. The van der Waals surface area contributed by atoms with Gasteiger partial charge < -0.3 is 13.4 Å². The van der Waals surface area contributed by atoms with Gasteiger partial charge in [-0.1, -0.05) is 75.4 Å². The van der Waals surface area contributed by atoms with Crippen molar-refractivity contribution in [1.29, 1.82) is 0 Å². The zero-order valence-corrected chi connectivity index (χ0v) is 21.1. The number of hydrogen-bond donors (Lipinski definition) is 0. The van der Waals surface area contributed by atoms with E-state index >= 15 is 0 Å². The van der Waals surface area contributed by atoms with Crippen LogP contribution in [0.4, 0.5) is 0 Å². The highest BCUT2D eigenvalue weighted by Crippen LogP contribution is 2.51. The lowest BCUT2D eigenvalue weighted by Gasteiger charge is -2.22. The normalized spacial score (nSPS) is 16.8. The van der Waals surface area contributed by atoms with Gasteiger partial charge in [0.2, 0.25) is 0 Å². The molecule has 1 unspecified atom stereocenters. The third kappa shape index (κ3) is 2.33. The summed E-state index contributed by atoms with van der Waals surface area (Å²) in [5.74, 6) is 0.261. The molecule has 0 spiro atoms. The van der Waals surface area contributed by atoms with Crippen molar-refractivity contribution in [2.45, 2.75) is 38.5 Å². The lowest BCUT2D eigenvalue weighted by atomic mass is 9.82. The molecule has 4 heterocycles. The van der Waals surface area contributed by atoms with Crippen LogP contribution in [0.2, 0.25) is 0 Å². The van der Waals surface area contributed by atoms with Gasteiger partial charge in [-0.05, 0) is 47.2 Å². The Morgan fingerprint density at radius 1 is 0.730 bits per heavy atom. The lowest BCUT2D eigenvalue weighted by Crippen LogP contribution is -2.30. The first-order valence-electron chi connectivity index (χ1n) is 13.1. The van der Waals surface area contributed by atoms with E-state index in [0.29, 0.717) is 0 Å². The molecular weight excluding hydrogens is 454 g/mol. The van der Waals surface area contributed by atoms with Gasteiger partial charge in [-0.3, -0.25) is 0 Å². The second-order valence-corrected chi connectivity index (χ2v) is 11.7. The maximum Gasteiger partial charge on any atom is 0.160 e. The van der Waals surface area contributed by atoms with Crippen LogP contribution < -0.4 is 10.6 Å². The standard InChI is InChI=1S/C34H25NO2/c1-34(2,3)18-16-25-21-12-14-23-19-8-4-6-10-27(19)36-32(23)30(21)35-29(25)26(17-18)22-13-15-24-20-9-5-7-11-28(20)37-33(24)31(22)35/h4-12,14-17,22H,13H2,1-3H3. The van der Waals surface area contributed by atoms with Crippen molar-refractivity contribution in [2.75, 3.05) is 0 Å². The second-order valence-electron chi connectivity index (χ2n) is 11.7. The van der Waals surface area contributed by atoms with Gasteiger partial charge in [0, 0.05) is 38.1 Å². The average Bonchev–Trinajstić information content (AvgIpc) is 3.63. The van der Waals surface area contributed by atoms with Crippen LogP contribution in [0.25, 0.3) is 66.5 Å². The van der Waals surface area contributed by atoms with Crippen LogP contribution >= 0.6 is 0 Å². The number of benzene rings is 4. The molecule has 9 rings (SSSR count). The minimum absolute atomic E-state index is 0.0498. The topological polar surface area (TPSA) is 31.2 Å². The highest BCUT2D eigenvalue weighted by molar-refractivity contribution is 6.23. The molecule has 0 N–H and O–H groups in total. The number of furan rings is 2.